The molecule has 1 aliphatic rings. The number of aryl methyl sites for hydroxylation is 1. The Bertz CT molecular complexity index is 602. The van der Waals surface area contributed by atoms with E-state index in [-0.39, 0.29) is 12.1 Å². The highest BCUT2D eigenvalue weighted by atomic mass is 15.1. The SMILES string of the molecule is Cc1ccc(C2CC(c3ccccc3)N=C(N)N2)cc1. The molecule has 2 aromatic carbocycles. The Hall–Kier alpha value is -2.29. The largest absolute Gasteiger partial charge is 0.370 e. The Morgan fingerprint density at radius 2 is 1.70 bits per heavy atom. The predicted octanol–water partition coefficient (Wildman–Crippen LogP) is 3.09. The Morgan fingerprint density at radius 3 is 2.40 bits per heavy atom. The third-order valence-corrected chi connectivity index (χ3v) is 3.74. The van der Waals surface area contributed by atoms with Gasteiger partial charge in [0.1, 0.15) is 0 Å². The Labute approximate surface area is 119 Å². The molecule has 2 atom stereocenters. The van der Waals surface area contributed by atoms with Gasteiger partial charge in [-0.1, -0.05) is 60.2 Å². The summed E-state index contributed by atoms with van der Waals surface area (Å²) >= 11 is 0. The molecule has 0 bridgehead atoms. The number of hydrogen-bond acceptors (Lipinski definition) is 3. The van der Waals surface area contributed by atoms with Crippen LogP contribution >= 0.6 is 0 Å². The average Bonchev–Trinajstić information content (AvgIpc) is 2.48. The van der Waals surface area contributed by atoms with Crippen molar-refractivity contribution in [1.82, 2.24) is 5.32 Å². The van der Waals surface area contributed by atoms with E-state index in [4.69, 9.17) is 5.73 Å². The molecule has 2 unspecified atom stereocenters. The van der Waals surface area contributed by atoms with E-state index in [9.17, 15) is 0 Å². The van der Waals surface area contributed by atoms with Crippen LogP contribution < -0.4 is 11.1 Å². The maximum atomic E-state index is 5.96. The lowest BCUT2D eigenvalue weighted by molar-refractivity contribution is 0.487. The zero-order valence-electron chi connectivity index (χ0n) is 11.6. The first-order valence-corrected chi connectivity index (χ1v) is 6.94. The maximum absolute atomic E-state index is 5.96. The first kappa shape index (κ1) is 12.7. The van der Waals surface area contributed by atoms with Crippen molar-refractivity contribution in [1.29, 1.82) is 0 Å². The van der Waals surface area contributed by atoms with Gasteiger partial charge >= 0.3 is 0 Å². The van der Waals surface area contributed by atoms with Crippen molar-refractivity contribution in [3.8, 4) is 0 Å². The third-order valence-electron chi connectivity index (χ3n) is 3.74. The summed E-state index contributed by atoms with van der Waals surface area (Å²) in [4.78, 5) is 4.53. The summed E-state index contributed by atoms with van der Waals surface area (Å²) in [7, 11) is 0. The monoisotopic (exact) mass is 265 g/mol. The lowest BCUT2D eigenvalue weighted by atomic mass is 9.93. The number of benzene rings is 2. The molecule has 0 saturated heterocycles. The van der Waals surface area contributed by atoms with Gasteiger partial charge in [0.2, 0.25) is 0 Å². The van der Waals surface area contributed by atoms with Crippen LogP contribution in [0.4, 0.5) is 0 Å². The molecule has 3 N–H and O–H groups in total. The van der Waals surface area contributed by atoms with Gasteiger partial charge in [0.25, 0.3) is 0 Å². The van der Waals surface area contributed by atoms with Crippen LogP contribution in [0, 0.1) is 6.92 Å². The lowest BCUT2D eigenvalue weighted by Gasteiger charge is -2.28. The van der Waals surface area contributed by atoms with Gasteiger partial charge in [-0.05, 0) is 24.5 Å². The van der Waals surface area contributed by atoms with E-state index < -0.39 is 0 Å². The molecule has 0 spiro atoms. The van der Waals surface area contributed by atoms with Gasteiger partial charge in [-0.15, -0.1) is 0 Å². The first-order chi connectivity index (χ1) is 9.72. The van der Waals surface area contributed by atoms with Gasteiger partial charge in [-0.25, -0.2) is 4.99 Å². The Morgan fingerprint density at radius 1 is 1.00 bits per heavy atom. The average molecular weight is 265 g/mol. The number of aliphatic imine (C=N–C) groups is 1. The zero-order valence-corrected chi connectivity index (χ0v) is 11.6. The molecular formula is C17H19N3. The number of hydrogen-bond donors (Lipinski definition) is 2. The molecule has 2 aromatic rings. The number of nitrogens with two attached hydrogens (primary N) is 1. The molecule has 20 heavy (non-hydrogen) atoms. The second kappa shape index (κ2) is 5.37. The standard InChI is InChI=1S/C17H19N3/c1-12-7-9-14(10-8-12)16-11-15(19-17(18)20-16)13-5-3-2-4-6-13/h2-10,15-16H,11H2,1H3,(H3,18,19,20). The third kappa shape index (κ3) is 2.67. The van der Waals surface area contributed by atoms with E-state index in [1.165, 1.54) is 16.7 Å². The van der Waals surface area contributed by atoms with Gasteiger partial charge in [0, 0.05) is 0 Å². The summed E-state index contributed by atoms with van der Waals surface area (Å²) in [5.41, 5.74) is 9.70. The van der Waals surface area contributed by atoms with Crippen LogP contribution in [0.15, 0.2) is 59.6 Å². The molecule has 1 heterocycles. The molecule has 3 rings (SSSR count). The maximum Gasteiger partial charge on any atom is 0.189 e. The Kier molecular flexibility index (Phi) is 3.42. The molecular weight excluding hydrogens is 246 g/mol. The van der Waals surface area contributed by atoms with E-state index >= 15 is 0 Å². The number of nitrogens with one attached hydrogen (secondary N) is 1. The lowest BCUT2D eigenvalue weighted by Crippen LogP contribution is -2.39. The van der Waals surface area contributed by atoms with Crippen molar-refractivity contribution < 1.29 is 0 Å². The summed E-state index contributed by atoms with van der Waals surface area (Å²) in [6.07, 6.45) is 0.924. The van der Waals surface area contributed by atoms with Gasteiger partial charge in [-0.2, -0.15) is 0 Å². The van der Waals surface area contributed by atoms with Crippen molar-refractivity contribution in [2.45, 2.75) is 25.4 Å². The molecule has 0 radical (unpaired) electrons. The summed E-state index contributed by atoms with van der Waals surface area (Å²) in [5, 5.41) is 3.28. The van der Waals surface area contributed by atoms with E-state index in [0.717, 1.165) is 6.42 Å². The highest BCUT2D eigenvalue weighted by Gasteiger charge is 2.24. The minimum atomic E-state index is 0.128. The highest BCUT2D eigenvalue weighted by Crippen LogP contribution is 2.32. The molecule has 0 aromatic heterocycles. The fourth-order valence-electron chi connectivity index (χ4n) is 2.62. The molecule has 0 amide bonds. The van der Waals surface area contributed by atoms with E-state index in [1.54, 1.807) is 0 Å². The van der Waals surface area contributed by atoms with Gasteiger partial charge in [-0.3, -0.25) is 0 Å². The molecule has 3 heteroatoms. The van der Waals surface area contributed by atoms with Crippen molar-refractivity contribution in [3.05, 3.63) is 71.3 Å². The van der Waals surface area contributed by atoms with Crippen LogP contribution in [0.1, 0.15) is 35.2 Å². The molecule has 3 nitrogen and oxygen atoms in total. The summed E-state index contributed by atoms with van der Waals surface area (Å²) in [6, 6.07) is 19.3. The van der Waals surface area contributed by atoms with Crippen LogP contribution in [0.2, 0.25) is 0 Å². The smallest absolute Gasteiger partial charge is 0.189 e. The van der Waals surface area contributed by atoms with Gasteiger partial charge < -0.3 is 11.1 Å². The first-order valence-electron chi connectivity index (χ1n) is 6.94. The van der Waals surface area contributed by atoms with Crippen molar-refractivity contribution in [3.63, 3.8) is 0 Å². The zero-order chi connectivity index (χ0) is 13.9. The second-order valence-electron chi connectivity index (χ2n) is 5.28. The van der Waals surface area contributed by atoms with Crippen LogP contribution in [-0.2, 0) is 0 Å². The number of guanidine groups is 1. The molecule has 102 valence electrons. The van der Waals surface area contributed by atoms with Gasteiger partial charge in [0.05, 0.1) is 12.1 Å². The van der Waals surface area contributed by atoms with Crippen LogP contribution in [-0.4, -0.2) is 5.96 Å². The molecule has 1 aliphatic heterocycles. The van der Waals surface area contributed by atoms with E-state index in [1.807, 2.05) is 18.2 Å². The summed E-state index contributed by atoms with van der Waals surface area (Å²) in [6.45, 7) is 2.10. The number of nitrogens with zero attached hydrogens (tertiary/aromatic N) is 1. The van der Waals surface area contributed by atoms with E-state index in [0.29, 0.717) is 5.96 Å². The normalized spacial score (nSPS) is 21.9. The summed E-state index contributed by atoms with van der Waals surface area (Å²) < 4.78 is 0. The highest BCUT2D eigenvalue weighted by molar-refractivity contribution is 5.79. The Balaban J connectivity index is 1.86. The minimum Gasteiger partial charge on any atom is -0.370 e. The minimum absolute atomic E-state index is 0.128. The fraction of sp³-hybridized carbons (Fsp3) is 0.235. The van der Waals surface area contributed by atoms with Gasteiger partial charge in [0.15, 0.2) is 5.96 Å². The topological polar surface area (TPSA) is 50.4 Å². The molecule has 0 saturated carbocycles. The van der Waals surface area contributed by atoms with E-state index in [2.05, 4.69) is 53.6 Å². The quantitative estimate of drug-likeness (QED) is 0.876. The molecule has 0 aliphatic carbocycles. The molecule has 0 fully saturated rings. The fourth-order valence-corrected chi connectivity index (χ4v) is 2.62. The number of rotatable bonds is 2. The van der Waals surface area contributed by atoms with Crippen molar-refractivity contribution in [2.24, 2.45) is 10.7 Å². The van der Waals surface area contributed by atoms with Crippen molar-refractivity contribution >= 4 is 5.96 Å². The second-order valence-corrected chi connectivity index (χ2v) is 5.28. The van der Waals surface area contributed by atoms with Crippen LogP contribution in [0.3, 0.4) is 0 Å². The van der Waals surface area contributed by atoms with Crippen molar-refractivity contribution in [2.75, 3.05) is 0 Å². The van der Waals surface area contributed by atoms with Crippen LogP contribution in [0.5, 0.6) is 0 Å². The van der Waals surface area contributed by atoms with Crippen LogP contribution in [0.25, 0.3) is 0 Å². The predicted molar refractivity (Wildman–Crippen MR) is 82.5 cm³/mol. The summed E-state index contributed by atoms with van der Waals surface area (Å²) in [5.74, 6) is 0.524.